The molecule has 0 radical (unpaired) electrons. The molecule has 0 saturated carbocycles. The van der Waals surface area contributed by atoms with E-state index < -0.39 is 6.17 Å². The summed E-state index contributed by atoms with van der Waals surface area (Å²) in [6.07, 6.45) is 0.685. The Morgan fingerprint density at radius 1 is 1.00 bits per heavy atom. The summed E-state index contributed by atoms with van der Waals surface area (Å²) in [6, 6.07) is 0.645. The van der Waals surface area contributed by atoms with Gasteiger partial charge >= 0.3 is 0 Å². The molecule has 0 aromatic rings. The quantitative estimate of drug-likeness (QED) is 0.667. The van der Waals surface area contributed by atoms with E-state index in [1.54, 1.807) is 0 Å². The van der Waals surface area contributed by atoms with E-state index in [1.165, 1.54) is 13.0 Å². The van der Waals surface area contributed by atoms with Gasteiger partial charge in [0.2, 0.25) is 0 Å². The van der Waals surface area contributed by atoms with Gasteiger partial charge < -0.3 is 4.90 Å². The van der Waals surface area contributed by atoms with Gasteiger partial charge in [-0.25, -0.2) is 4.39 Å². The molecule has 0 amide bonds. The van der Waals surface area contributed by atoms with Gasteiger partial charge in [-0.3, -0.25) is 4.90 Å². The van der Waals surface area contributed by atoms with Crippen molar-refractivity contribution < 1.29 is 4.39 Å². The van der Waals surface area contributed by atoms with Crippen LogP contribution < -0.4 is 0 Å². The fourth-order valence-electron chi connectivity index (χ4n) is 1.96. The Morgan fingerprint density at radius 3 is 1.87 bits per heavy atom. The van der Waals surface area contributed by atoms with Crippen LogP contribution in [0.25, 0.3) is 0 Å². The lowest BCUT2D eigenvalue weighted by atomic mass is 10.1. The van der Waals surface area contributed by atoms with Crippen LogP contribution >= 0.6 is 0 Å². The Labute approximate surface area is 94.4 Å². The Morgan fingerprint density at radius 2 is 1.53 bits per heavy atom. The highest BCUT2D eigenvalue weighted by molar-refractivity contribution is 4.89. The van der Waals surface area contributed by atoms with Gasteiger partial charge in [0.1, 0.15) is 6.17 Å². The minimum Gasteiger partial charge on any atom is -0.305 e. The molecule has 0 aliphatic carbocycles. The SMILES string of the molecule is CC.CC.CN1CCC(N2CC(F)C2)C1. The highest BCUT2D eigenvalue weighted by Gasteiger charge is 2.34. The Balaban J connectivity index is 0.000000442. The minimum absolute atomic E-state index is 0.541. The first kappa shape index (κ1) is 14.8. The van der Waals surface area contributed by atoms with Gasteiger partial charge in [0, 0.05) is 25.7 Å². The third-order valence-electron chi connectivity index (χ3n) is 2.75. The standard InChI is InChI=1S/C8H15FN2.2C2H6/c1-10-3-2-8(6-10)11-4-7(9)5-11;2*1-2/h7-8H,2-6H2,1H3;2*1-2H3. The molecule has 2 nitrogen and oxygen atoms in total. The van der Waals surface area contributed by atoms with Crippen molar-refractivity contribution in [2.24, 2.45) is 0 Å². The number of halogens is 1. The van der Waals surface area contributed by atoms with Crippen LogP contribution in [0.5, 0.6) is 0 Å². The molecule has 0 aromatic heterocycles. The molecule has 2 fully saturated rings. The molecule has 92 valence electrons. The fraction of sp³-hybridized carbons (Fsp3) is 1.00. The number of likely N-dealkylation sites (tertiary alicyclic amines) is 2. The van der Waals surface area contributed by atoms with Crippen LogP contribution in [-0.4, -0.2) is 55.2 Å². The van der Waals surface area contributed by atoms with Crippen molar-refractivity contribution in [3.05, 3.63) is 0 Å². The largest absolute Gasteiger partial charge is 0.305 e. The normalized spacial score (nSPS) is 27.2. The zero-order valence-corrected chi connectivity index (χ0v) is 11.0. The van der Waals surface area contributed by atoms with Crippen LogP contribution in [-0.2, 0) is 0 Å². The summed E-state index contributed by atoms with van der Waals surface area (Å²) < 4.78 is 12.5. The molecule has 1 unspecified atom stereocenters. The first-order valence-electron chi connectivity index (χ1n) is 6.32. The average molecular weight is 218 g/mol. The molecule has 2 saturated heterocycles. The molecule has 0 aromatic carbocycles. The molecular weight excluding hydrogens is 191 g/mol. The fourth-order valence-corrected chi connectivity index (χ4v) is 1.96. The van der Waals surface area contributed by atoms with Gasteiger partial charge in [-0.15, -0.1) is 0 Å². The molecule has 0 spiro atoms. The number of alkyl halides is 1. The first-order valence-corrected chi connectivity index (χ1v) is 6.32. The first-order chi connectivity index (χ1) is 7.25. The maximum atomic E-state index is 12.5. The predicted octanol–water partition coefficient (Wildman–Crippen LogP) is 2.40. The van der Waals surface area contributed by atoms with Crippen molar-refractivity contribution in [1.82, 2.24) is 9.80 Å². The van der Waals surface area contributed by atoms with Gasteiger partial charge in [-0.1, -0.05) is 27.7 Å². The lowest BCUT2D eigenvalue weighted by Gasteiger charge is -2.38. The van der Waals surface area contributed by atoms with Crippen LogP contribution in [0.15, 0.2) is 0 Å². The van der Waals surface area contributed by atoms with Crippen LogP contribution in [0.1, 0.15) is 34.1 Å². The molecule has 2 heterocycles. The van der Waals surface area contributed by atoms with Gasteiger partial charge in [-0.05, 0) is 20.0 Å². The van der Waals surface area contributed by atoms with E-state index in [1.807, 2.05) is 27.7 Å². The molecule has 3 heteroatoms. The van der Waals surface area contributed by atoms with E-state index in [-0.39, 0.29) is 0 Å². The van der Waals surface area contributed by atoms with Crippen molar-refractivity contribution in [3.63, 3.8) is 0 Å². The van der Waals surface area contributed by atoms with E-state index in [0.717, 1.165) is 6.54 Å². The van der Waals surface area contributed by atoms with E-state index in [9.17, 15) is 4.39 Å². The molecule has 2 rings (SSSR count). The zero-order valence-electron chi connectivity index (χ0n) is 11.0. The minimum atomic E-state index is -0.541. The monoisotopic (exact) mass is 218 g/mol. The Kier molecular flexibility index (Phi) is 7.97. The summed E-state index contributed by atoms with van der Waals surface area (Å²) in [5.74, 6) is 0. The number of likely N-dealkylation sites (N-methyl/N-ethyl adjacent to an activating group) is 1. The van der Waals surface area contributed by atoms with E-state index in [0.29, 0.717) is 19.1 Å². The number of nitrogens with zero attached hydrogens (tertiary/aromatic N) is 2. The summed E-state index contributed by atoms with van der Waals surface area (Å²) in [5.41, 5.74) is 0. The lowest BCUT2D eigenvalue weighted by molar-refractivity contribution is 0.0312. The highest BCUT2D eigenvalue weighted by atomic mass is 19.1. The second-order valence-electron chi connectivity index (χ2n) is 3.76. The molecule has 0 bridgehead atoms. The third-order valence-corrected chi connectivity index (χ3v) is 2.75. The number of rotatable bonds is 1. The Bertz CT molecular complexity index is 147. The van der Waals surface area contributed by atoms with Gasteiger partial charge in [-0.2, -0.15) is 0 Å². The summed E-state index contributed by atoms with van der Waals surface area (Å²) in [7, 11) is 2.13. The van der Waals surface area contributed by atoms with E-state index in [2.05, 4.69) is 16.8 Å². The molecule has 15 heavy (non-hydrogen) atoms. The molecule has 0 N–H and O–H groups in total. The topological polar surface area (TPSA) is 6.48 Å². The second-order valence-corrected chi connectivity index (χ2v) is 3.76. The molecule has 2 aliphatic heterocycles. The Hall–Kier alpha value is -0.150. The number of hydrogen-bond donors (Lipinski definition) is 0. The van der Waals surface area contributed by atoms with Crippen molar-refractivity contribution >= 4 is 0 Å². The summed E-state index contributed by atoms with van der Waals surface area (Å²) in [6.45, 7) is 11.7. The lowest BCUT2D eigenvalue weighted by Crippen LogP contribution is -2.54. The molecular formula is C12H27FN2. The molecule has 1 atom stereocenters. The van der Waals surface area contributed by atoms with E-state index >= 15 is 0 Å². The van der Waals surface area contributed by atoms with Crippen LogP contribution in [0.4, 0.5) is 4.39 Å². The van der Waals surface area contributed by atoms with Crippen LogP contribution in [0.3, 0.4) is 0 Å². The highest BCUT2D eigenvalue weighted by Crippen LogP contribution is 2.21. The maximum Gasteiger partial charge on any atom is 0.125 e. The smallest absolute Gasteiger partial charge is 0.125 e. The average Bonchev–Trinajstić information content (AvgIpc) is 2.66. The van der Waals surface area contributed by atoms with Crippen molar-refractivity contribution in [2.45, 2.75) is 46.3 Å². The third kappa shape index (κ3) is 4.47. The second kappa shape index (κ2) is 8.05. The number of hydrogen-bond acceptors (Lipinski definition) is 2. The van der Waals surface area contributed by atoms with Gasteiger partial charge in [0.15, 0.2) is 0 Å². The predicted molar refractivity (Wildman–Crippen MR) is 65.1 cm³/mol. The van der Waals surface area contributed by atoms with E-state index in [4.69, 9.17) is 0 Å². The molecule has 2 aliphatic rings. The summed E-state index contributed by atoms with van der Waals surface area (Å²) in [4.78, 5) is 4.57. The van der Waals surface area contributed by atoms with Crippen LogP contribution in [0.2, 0.25) is 0 Å². The maximum absolute atomic E-state index is 12.5. The van der Waals surface area contributed by atoms with Crippen molar-refractivity contribution in [1.29, 1.82) is 0 Å². The summed E-state index contributed by atoms with van der Waals surface area (Å²) >= 11 is 0. The van der Waals surface area contributed by atoms with Crippen molar-refractivity contribution in [2.75, 3.05) is 33.2 Å². The van der Waals surface area contributed by atoms with Gasteiger partial charge in [0.25, 0.3) is 0 Å². The summed E-state index contributed by atoms with van der Waals surface area (Å²) in [5, 5.41) is 0. The van der Waals surface area contributed by atoms with Crippen LogP contribution in [0, 0.1) is 0 Å². The van der Waals surface area contributed by atoms with Gasteiger partial charge in [0.05, 0.1) is 0 Å². The zero-order chi connectivity index (χ0) is 11.8. The van der Waals surface area contributed by atoms with Crippen molar-refractivity contribution in [3.8, 4) is 0 Å².